The number of carbonyl (C=O) groups is 1. The van der Waals surface area contributed by atoms with Crippen molar-refractivity contribution in [3.05, 3.63) is 61.4 Å². The number of halogens is 2. The summed E-state index contributed by atoms with van der Waals surface area (Å²) in [5.74, 6) is 0.322. The number of carbonyl (C=O) groups excluding carboxylic acids is 1. The number of benzene rings is 2. The number of aromatic nitrogens is 1. The molecule has 1 amide bonds. The van der Waals surface area contributed by atoms with E-state index >= 15 is 0 Å². The summed E-state index contributed by atoms with van der Waals surface area (Å²) >= 11 is 11.1. The van der Waals surface area contributed by atoms with E-state index in [0.29, 0.717) is 15.9 Å². The van der Waals surface area contributed by atoms with Crippen LogP contribution in [0.4, 0.5) is 5.13 Å². The summed E-state index contributed by atoms with van der Waals surface area (Å²) in [6, 6.07) is 8.02. The number of rotatable bonds is 5. The molecule has 0 atom stereocenters. The highest BCUT2D eigenvalue weighted by atomic mass is 79.9. The molecule has 0 saturated heterocycles. The Morgan fingerprint density at radius 1 is 1.18 bits per heavy atom. The van der Waals surface area contributed by atoms with Crippen molar-refractivity contribution in [2.45, 2.75) is 27.7 Å². The van der Waals surface area contributed by atoms with Crippen LogP contribution in [0.1, 0.15) is 22.3 Å². The fourth-order valence-corrected chi connectivity index (χ4v) is 4.09. The van der Waals surface area contributed by atoms with Gasteiger partial charge in [-0.3, -0.25) is 10.1 Å². The minimum atomic E-state index is -0.266. The molecule has 0 fully saturated rings. The van der Waals surface area contributed by atoms with Crippen LogP contribution in [0.5, 0.6) is 5.75 Å². The number of aryl methyl sites for hydroxylation is 3. The smallest absolute Gasteiger partial charge is 0.264 e. The molecule has 0 spiro atoms. The van der Waals surface area contributed by atoms with Gasteiger partial charge < -0.3 is 4.74 Å². The standard InChI is InChI=1S/C21H20BrClN2O2S/c1-11-5-6-15(7-12(11)2)16-10-28-21(24-16)25-18(26)9-27-17-8-13(3)20(23)14(4)19(17)22/h5-8,10H,9H2,1-4H3,(H,24,25,26). The molecular weight excluding hydrogens is 460 g/mol. The predicted molar refractivity (Wildman–Crippen MR) is 120 cm³/mol. The van der Waals surface area contributed by atoms with E-state index in [0.717, 1.165) is 26.9 Å². The summed E-state index contributed by atoms with van der Waals surface area (Å²) < 4.78 is 6.42. The first-order valence-corrected chi connectivity index (χ1v) is 10.7. The second kappa shape index (κ2) is 8.64. The third kappa shape index (κ3) is 4.57. The lowest BCUT2D eigenvalue weighted by atomic mass is 10.1. The number of hydrogen-bond donors (Lipinski definition) is 1. The lowest BCUT2D eigenvalue weighted by Gasteiger charge is -2.12. The third-order valence-corrected chi connectivity index (χ3v) is 6.81. The van der Waals surface area contributed by atoms with Gasteiger partial charge in [0.25, 0.3) is 5.91 Å². The number of anilines is 1. The van der Waals surface area contributed by atoms with Crippen molar-refractivity contribution >= 4 is 49.9 Å². The minimum absolute atomic E-state index is 0.113. The van der Waals surface area contributed by atoms with Crippen LogP contribution in [0.25, 0.3) is 11.3 Å². The van der Waals surface area contributed by atoms with Gasteiger partial charge in [0.05, 0.1) is 10.2 Å². The summed E-state index contributed by atoms with van der Waals surface area (Å²) in [7, 11) is 0. The topological polar surface area (TPSA) is 51.2 Å². The molecule has 1 aromatic heterocycles. The van der Waals surface area contributed by atoms with Crippen LogP contribution in [-0.4, -0.2) is 17.5 Å². The van der Waals surface area contributed by atoms with E-state index in [9.17, 15) is 4.79 Å². The highest BCUT2D eigenvalue weighted by Crippen LogP contribution is 2.35. The Hall–Kier alpha value is -1.89. The van der Waals surface area contributed by atoms with E-state index in [2.05, 4.69) is 52.2 Å². The fraction of sp³-hybridized carbons (Fsp3) is 0.238. The number of ether oxygens (including phenoxy) is 1. The Morgan fingerprint density at radius 3 is 2.64 bits per heavy atom. The zero-order valence-corrected chi connectivity index (χ0v) is 19.2. The van der Waals surface area contributed by atoms with E-state index in [1.54, 1.807) is 0 Å². The van der Waals surface area contributed by atoms with Crippen molar-refractivity contribution in [2.75, 3.05) is 11.9 Å². The first-order chi connectivity index (χ1) is 13.3. The van der Waals surface area contributed by atoms with Crippen LogP contribution in [0.2, 0.25) is 5.02 Å². The molecule has 28 heavy (non-hydrogen) atoms. The predicted octanol–water partition coefficient (Wildman–Crippen LogP) is 6.48. The Morgan fingerprint density at radius 2 is 1.93 bits per heavy atom. The molecule has 0 aliphatic heterocycles. The zero-order valence-electron chi connectivity index (χ0n) is 16.0. The normalized spacial score (nSPS) is 10.8. The van der Waals surface area contributed by atoms with Crippen LogP contribution in [-0.2, 0) is 4.79 Å². The third-order valence-electron chi connectivity index (χ3n) is 4.48. The molecule has 1 N–H and O–H groups in total. The van der Waals surface area contributed by atoms with Crippen LogP contribution in [0.15, 0.2) is 34.1 Å². The molecule has 2 aromatic carbocycles. The molecule has 0 radical (unpaired) electrons. The maximum atomic E-state index is 12.3. The van der Waals surface area contributed by atoms with Crippen molar-refractivity contribution in [3.63, 3.8) is 0 Å². The van der Waals surface area contributed by atoms with Crippen LogP contribution < -0.4 is 10.1 Å². The van der Waals surface area contributed by atoms with Gasteiger partial charge in [-0.05, 0) is 78.0 Å². The number of nitrogens with one attached hydrogen (secondary N) is 1. The molecular formula is C21H20BrClN2O2S. The molecule has 146 valence electrons. The number of nitrogens with zero attached hydrogens (tertiary/aromatic N) is 1. The van der Waals surface area contributed by atoms with Crippen molar-refractivity contribution in [3.8, 4) is 17.0 Å². The first-order valence-electron chi connectivity index (χ1n) is 8.67. The summed E-state index contributed by atoms with van der Waals surface area (Å²) in [5, 5.41) is 5.96. The molecule has 3 aromatic rings. The van der Waals surface area contributed by atoms with Gasteiger partial charge in [0.1, 0.15) is 5.75 Å². The number of amides is 1. The van der Waals surface area contributed by atoms with E-state index in [1.165, 1.54) is 22.5 Å². The second-order valence-corrected chi connectivity index (χ2v) is 8.65. The number of thiazole rings is 1. The second-order valence-electron chi connectivity index (χ2n) is 6.62. The molecule has 0 aliphatic rings. The van der Waals surface area contributed by atoms with Crippen molar-refractivity contribution in [1.29, 1.82) is 0 Å². The minimum Gasteiger partial charge on any atom is -0.483 e. The van der Waals surface area contributed by atoms with Crippen molar-refractivity contribution in [2.24, 2.45) is 0 Å². The van der Waals surface area contributed by atoms with Crippen LogP contribution >= 0.6 is 38.9 Å². The maximum Gasteiger partial charge on any atom is 0.264 e. The number of hydrogen-bond acceptors (Lipinski definition) is 4. The Kier molecular flexibility index (Phi) is 6.43. The molecule has 0 unspecified atom stereocenters. The molecule has 0 bridgehead atoms. The lowest BCUT2D eigenvalue weighted by Crippen LogP contribution is -2.20. The van der Waals surface area contributed by atoms with Gasteiger partial charge in [0.15, 0.2) is 11.7 Å². The van der Waals surface area contributed by atoms with Crippen molar-refractivity contribution in [1.82, 2.24) is 4.98 Å². The van der Waals surface area contributed by atoms with Gasteiger partial charge in [-0.15, -0.1) is 11.3 Å². The van der Waals surface area contributed by atoms with Gasteiger partial charge in [-0.2, -0.15) is 0 Å². The lowest BCUT2D eigenvalue weighted by molar-refractivity contribution is -0.118. The molecule has 3 rings (SSSR count). The molecule has 1 heterocycles. The van der Waals surface area contributed by atoms with Gasteiger partial charge in [-0.1, -0.05) is 23.7 Å². The largest absolute Gasteiger partial charge is 0.483 e. The van der Waals surface area contributed by atoms with Gasteiger partial charge in [0, 0.05) is 16.0 Å². The van der Waals surface area contributed by atoms with E-state index in [-0.39, 0.29) is 12.5 Å². The summed E-state index contributed by atoms with van der Waals surface area (Å²) in [5.41, 5.74) is 6.11. The van der Waals surface area contributed by atoms with Gasteiger partial charge in [-0.25, -0.2) is 4.98 Å². The Balaban J connectivity index is 1.65. The Labute approximate surface area is 182 Å². The quantitative estimate of drug-likeness (QED) is 0.456. The van der Waals surface area contributed by atoms with Crippen LogP contribution in [0.3, 0.4) is 0 Å². The highest BCUT2D eigenvalue weighted by molar-refractivity contribution is 9.10. The highest BCUT2D eigenvalue weighted by Gasteiger charge is 2.14. The van der Waals surface area contributed by atoms with E-state index < -0.39 is 0 Å². The Bertz CT molecular complexity index is 1050. The van der Waals surface area contributed by atoms with Gasteiger partial charge >= 0.3 is 0 Å². The first kappa shape index (κ1) is 20.8. The fourth-order valence-electron chi connectivity index (χ4n) is 2.67. The average molecular weight is 480 g/mol. The zero-order chi connectivity index (χ0) is 20.4. The van der Waals surface area contributed by atoms with E-state index in [4.69, 9.17) is 16.3 Å². The average Bonchev–Trinajstić information content (AvgIpc) is 3.12. The van der Waals surface area contributed by atoms with Gasteiger partial charge in [0.2, 0.25) is 0 Å². The summed E-state index contributed by atoms with van der Waals surface area (Å²) in [4.78, 5) is 16.8. The molecule has 0 saturated carbocycles. The van der Waals surface area contributed by atoms with Crippen LogP contribution in [0, 0.1) is 27.7 Å². The maximum absolute atomic E-state index is 12.3. The summed E-state index contributed by atoms with van der Waals surface area (Å²) in [6.07, 6.45) is 0. The molecule has 0 aliphatic carbocycles. The summed E-state index contributed by atoms with van der Waals surface area (Å²) in [6.45, 7) is 7.84. The SMILES string of the molecule is Cc1ccc(-c2csc(NC(=O)COc3cc(C)c(Cl)c(C)c3Br)n2)cc1C. The van der Waals surface area contributed by atoms with E-state index in [1.807, 2.05) is 31.4 Å². The van der Waals surface area contributed by atoms with Crippen molar-refractivity contribution < 1.29 is 9.53 Å². The molecule has 7 heteroatoms. The monoisotopic (exact) mass is 478 g/mol. The molecule has 4 nitrogen and oxygen atoms in total.